The highest BCUT2D eigenvalue weighted by Gasteiger charge is 2.17. The molecule has 0 saturated heterocycles. The number of benzene rings is 2. The van der Waals surface area contributed by atoms with Crippen molar-refractivity contribution in [3.8, 4) is 22.4 Å². The van der Waals surface area contributed by atoms with Gasteiger partial charge >= 0.3 is 0 Å². The quantitative estimate of drug-likeness (QED) is 0.605. The Morgan fingerprint density at radius 2 is 1.86 bits per heavy atom. The summed E-state index contributed by atoms with van der Waals surface area (Å²) in [7, 11) is 0. The van der Waals surface area contributed by atoms with E-state index in [4.69, 9.17) is 10.00 Å². The third kappa shape index (κ3) is 4.68. The van der Waals surface area contributed by atoms with Crippen LogP contribution in [0.25, 0.3) is 10.6 Å². The predicted octanol–water partition coefficient (Wildman–Crippen LogP) is 4.60. The molecular formula is C22H19N3O3S. The van der Waals surface area contributed by atoms with E-state index < -0.39 is 6.10 Å². The summed E-state index contributed by atoms with van der Waals surface area (Å²) >= 11 is 1.36. The number of nitrogens with one attached hydrogen (secondary N) is 1. The zero-order chi connectivity index (χ0) is 21.0. The summed E-state index contributed by atoms with van der Waals surface area (Å²) in [6, 6.07) is 16.0. The maximum absolute atomic E-state index is 12.4. The van der Waals surface area contributed by atoms with Crippen molar-refractivity contribution in [2.75, 3.05) is 5.32 Å². The van der Waals surface area contributed by atoms with Gasteiger partial charge in [-0.25, -0.2) is 4.98 Å². The first kappa shape index (κ1) is 20.2. The monoisotopic (exact) mass is 405 g/mol. The molecule has 1 amide bonds. The third-order valence-electron chi connectivity index (χ3n) is 4.21. The van der Waals surface area contributed by atoms with Gasteiger partial charge in [-0.1, -0.05) is 12.1 Å². The van der Waals surface area contributed by atoms with Crippen molar-refractivity contribution in [2.24, 2.45) is 0 Å². The molecule has 0 fully saturated rings. The molecular weight excluding hydrogens is 386 g/mol. The van der Waals surface area contributed by atoms with Crippen LogP contribution in [0.1, 0.15) is 34.8 Å². The molecule has 0 aliphatic carbocycles. The minimum Gasteiger partial charge on any atom is -0.481 e. The highest BCUT2D eigenvalue weighted by Crippen LogP contribution is 2.29. The number of hydrogen-bond acceptors (Lipinski definition) is 6. The van der Waals surface area contributed by atoms with E-state index >= 15 is 0 Å². The van der Waals surface area contributed by atoms with Crippen LogP contribution in [0.4, 0.5) is 5.69 Å². The van der Waals surface area contributed by atoms with Gasteiger partial charge in [0.25, 0.3) is 5.91 Å². The summed E-state index contributed by atoms with van der Waals surface area (Å²) < 4.78 is 5.71. The number of aryl methyl sites for hydroxylation is 1. The van der Waals surface area contributed by atoms with Crippen LogP contribution in [0.5, 0.6) is 5.75 Å². The number of aromatic nitrogens is 1. The first-order valence-electron chi connectivity index (χ1n) is 8.94. The number of thiazole rings is 1. The number of Topliss-reactive ketones (excluding diaryl/α,β-unsaturated/α-hetero) is 1. The summed E-state index contributed by atoms with van der Waals surface area (Å²) in [4.78, 5) is 29.1. The third-order valence-corrected chi connectivity index (χ3v) is 5.51. The fourth-order valence-electron chi connectivity index (χ4n) is 2.70. The van der Waals surface area contributed by atoms with Gasteiger partial charge in [0.15, 0.2) is 11.9 Å². The number of ketones is 1. The average Bonchev–Trinajstić information content (AvgIpc) is 3.11. The molecule has 0 bridgehead atoms. The highest BCUT2D eigenvalue weighted by molar-refractivity contribution is 7.17. The molecule has 29 heavy (non-hydrogen) atoms. The molecule has 3 aromatic rings. The molecule has 0 saturated carbocycles. The number of ether oxygens (including phenoxy) is 1. The first-order chi connectivity index (χ1) is 13.9. The van der Waals surface area contributed by atoms with Crippen LogP contribution in [-0.2, 0) is 4.79 Å². The molecule has 1 heterocycles. The first-order valence-corrected chi connectivity index (χ1v) is 9.76. The van der Waals surface area contributed by atoms with Gasteiger partial charge in [0.2, 0.25) is 0 Å². The van der Waals surface area contributed by atoms with Gasteiger partial charge < -0.3 is 10.1 Å². The fourth-order valence-corrected chi connectivity index (χ4v) is 3.67. The molecule has 0 spiro atoms. The van der Waals surface area contributed by atoms with Crippen LogP contribution < -0.4 is 10.1 Å². The Hall–Kier alpha value is -3.50. The average molecular weight is 405 g/mol. The van der Waals surface area contributed by atoms with Crippen molar-refractivity contribution in [1.82, 2.24) is 4.98 Å². The molecule has 0 unspecified atom stereocenters. The molecule has 1 atom stereocenters. The Bertz CT molecular complexity index is 1100. The largest absolute Gasteiger partial charge is 0.481 e. The Kier molecular flexibility index (Phi) is 6.05. The number of carbonyl (C=O) groups excluding carboxylic acids is 2. The second-order valence-corrected chi connectivity index (χ2v) is 7.42. The second-order valence-electron chi connectivity index (χ2n) is 6.42. The fraction of sp³-hybridized carbons (Fsp3) is 0.182. The second kappa shape index (κ2) is 8.67. The summed E-state index contributed by atoms with van der Waals surface area (Å²) in [5.74, 6) is 0.187. The Morgan fingerprint density at radius 1 is 1.17 bits per heavy atom. The maximum Gasteiger partial charge on any atom is 0.265 e. The van der Waals surface area contributed by atoms with E-state index in [-0.39, 0.29) is 11.7 Å². The predicted molar refractivity (Wildman–Crippen MR) is 112 cm³/mol. The smallest absolute Gasteiger partial charge is 0.265 e. The van der Waals surface area contributed by atoms with Crippen LogP contribution in [0.3, 0.4) is 0 Å². The van der Waals surface area contributed by atoms with Gasteiger partial charge in [-0.3, -0.25) is 9.59 Å². The van der Waals surface area contributed by atoms with Crippen LogP contribution >= 0.6 is 11.3 Å². The number of carbonyl (C=O) groups is 2. The zero-order valence-corrected chi connectivity index (χ0v) is 17.0. The summed E-state index contributed by atoms with van der Waals surface area (Å²) in [5.41, 5.74) is 2.44. The van der Waals surface area contributed by atoms with E-state index in [1.807, 2.05) is 25.1 Å². The minimum absolute atomic E-state index is 0.00372. The molecule has 0 aliphatic heterocycles. The van der Waals surface area contributed by atoms with Crippen LogP contribution in [0.15, 0.2) is 48.5 Å². The molecule has 7 heteroatoms. The summed E-state index contributed by atoms with van der Waals surface area (Å²) in [5, 5.41) is 12.6. The summed E-state index contributed by atoms with van der Waals surface area (Å²) in [6.07, 6.45) is -0.751. The van der Waals surface area contributed by atoms with E-state index in [1.165, 1.54) is 18.3 Å². The molecule has 0 radical (unpaired) electrons. The maximum atomic E-state index is 12.4. The van der Waals surface area contributed by atoms with Gasteiger partial charge in [0.05, 0.1) is 21.8 Å². The lowest BCUT2D eigenvalue weighted by atomic mass is 10.2. The molecule has 3 rings (SSSR count). The number of nitriles is 1. The normalized spacial score (nSPS) is 11.4. The Labute approximate surface area is 172 Å². The van der Waals surface area contributed by atoms with Gasteiger partial charge in [-0.05, 0) is 50.2 Å². The lowest BCUT2D eigenvalue weighted by Crippen LogP contribution is -2.30. The number of nitrogens with zero attached hydrogens (tertiary/aromatic N) is 2. The number of para-hydroxylation sites is 1. The zero-order valence-electron chi connectivity index (χ0n) is 16.2. The number of anilines is 1. The SMILES string of the molecule is CC(=O)c1sc(-c2ccc(O[C@@H](C)C(=O)Nc3ccccc3C#N)cc2)nc1C. The topological polar surface area (TPSA) is 92.1 Å². The van der Waals surface area contributed by atoms with Crippen molar-refractivity contribution in [3.63, 3.8) is 0 Å². The molecule has 2 aromatic carbocycles. The lowest BCUT2D eigenvalue weighted by molar-refractivity contribution is -0.122. The van der Waals surface area contributed by atoms with Crippen molar-refractivity contribution in [2.45, 2.75) is 26.9 Å². The van der Waals surface area contributed by atoms with Crippen molar-refractivity contribution in [1.29, 1.82) is 5.26 Å². The van der Waals surface area contributed by atoms with E-state index in [9.17, 15) is 9.59 Å². The van der Waals surface area contributed by atoms with Crippen molar-refractivity contribution < 1.29 is 14.3 Å². The summed E-state index contributed by atoms with van der Waals surface area (Å²) in [6.45, 7) is 4.99. The number of hydrogen-bond donors (Lipinski definition) is 1. The van der Waals surface area contributed by atoms with E-state index in [1.54, 1.807) is 43.3 Å². The highest BCUT2D eigenvalue weighted by atomic mass is 32.1. The van der Waals surface area contributed by atoms with Crippen molar-refractivity contribution >= 4 is 28.7 Å². The van der Waals surface area contributed by atoms with Gasteiger partial charge in [0, 0.05) is 12.5 Å². The molecule has 146 valence electrons. The van der Waals surface area contributed by atoms with Crippen LogP contribution in [0, 0.1) is 18.3 Å². The van der Waals surface area contributed by atoms with E-state index in [0.717, 1.165) is 16.3 Å². The Balaban J connectivity index is 1.67. The van der Waals surface area contributed by atoms with Crippen molar-refractivity contribution in [3.05, 3.63) is 64.7 Å². The van der Waals surface area contributed by atoms with Crippen LogP contribution in [0.2, 0.25) is 0 Å². The molecule has 6 nitrogen and oxygen atoms in total. The molecule has 1 N–H and O–H groups in total. The standard InChI is InChI=1S/C22H19N3O3S/c1-13-20(14(2)26)29-22(24-13)16-8-10-18(11-9-16)28-15(3)21(27)25-19-7-5-4-6-17(19)12-23/h4-11,15H,1-3H3,(H,25,27)/t15-/m0/s1. The van der Waals surface area contributed by atoms with Gasteiger partial charge in [-0.15, -0.1) is 11.3 Å². The van der Waals surface area contributed by atoms with E-state index in [0.29, 0.717) is 21.9 Å². The number of amides is 1. The van der Waals surface area contributed by atoms with Crippen LogP contribution in [-0.4, -0.2) is 22.8 Å². The minimum atomic E-state index is -0.751. The Morgan fingerprint density at radius 3 is 2.48 bits per heavy atom. The van der Waals surface area contributed by atoms with Gasteiger partial charge in [-0.2, -0.15) is 5.26 Å². The molecule has 0 aliphatic rings. The van der Waals surface area contributed by atoms with Gasteiger partial charge in [0.1, 0.15) is 16.8 Å². The molecule has 1 aromatic heterocycles. The lowest BCUT2D eigenvalue weighted by Gasteiger charge is -2.15. The van der Waals surface area contributed by atoms with E-state index in [2.05, 4.69) is 10.3 Å². The number of rotatable bonds is 6.